The van der Waals surface area contributed by atoms with Crippen molar-refractivity contribution in [3.63, 3.8) is 0 Å². The SMILES string of the molecule is Cc1cc(/C=C(/C#N)c2cccc(C(F)(F)F)c2)c(C)n1-c1ccc(F)c(Cl)c1. The standard InChI is InChI=1S/C22H15ClF4N2/c1-13-8-16(14(2)29(13)19-6-7-21(24)20(23)11-19)9-17(12-28)15-4-3-5-18(10-15)22(25,26)27/h3-11H,1-2H3/b17-9-. The minimum absolute atomic E-state index is 0.0197. The molecule has 0 bridgehead atoms. The minimum Gasteiger partial charge on any atom is -0.318 e. The van der Waals surface area contributed by atoms with Crippen LogP contribution in [0.5, 0.6) is 0 Å². The Morgan fingerprint density at radius 1 is 1.10 bits per heavy atom. The first-order valence-electron chi connectivity index (χ1n) is 8.55. The number of benzene rings is 2. The molecule has 0 atom stereocenters. The summed E-state index contributed by atoms with van der Waals surface area (Å²) in [5.41, 5.74) is 2.32. The Bertz CT molecular complexity index is 1150. The Morgan fingerprint density at radius 3 is 2.45 bits per heavy atom. The minimum atomic E-state index is -4.49. The van der Waals surface area contributed by atoms with Crippen molar-refractivity contribution in [3.8, 4) is 11.8 Å². The van der Waals surface area contributed by atoms with E-state index >= 15 is 0 Å². The van der Waals surface area contributed by atoms with Crippen LogP contribution in [0, 0.1) is 31.0 Å². The summed E-state index contributed by atoms with van der Waals surface area (Å²) in [6, 6.07) is 12.7. The van der Waals surface area contributed by atoms with E-state index in [9.17, 15) is 22.8 Å². The van der Waals surface area contributed by atoms with Gasteiger partial charge in [-0.15, -0.1) is 0 Å². The zero-order chi connectivity index (χ0) is 21.3. The van der Waals surface area contributed by atoms with Crippen LogP contribution in [0.15, 0.2) is 48.5 Å². The van der Waals surface area contributed by atoms with Crippen molar-refractivity contribution in [3.05, 3.63) is 87.4 Å². The number of halogens is 5. The van der Waals surface area contributed by atoms with Crippen LogP contribution in [-0.2, 0) is 6.18 Å². The molecule has 2 nitrogen and oxygen atoms in total. The van der Waals surface area contributed by atoms with Crippen LogP contribution in [0.25, 0.3) is 17.3 Å². The number of nitriles is 1. The maximum Gasteiger partial charge on any atom is 0.416 e. The highest BCUT2D eigenvalue weighted by molar-refractivity contribution is 6.30. The Balaban J connectivity index is 2.08. The van der Waals surface area contributed by atoms with E-state index in [2.05, 4.69) is 0 Å². The first-order chi connectivity index (χ1) is 13.6. The van der Waals surface area contributed by atoms with Crippen molar-refractivity contribution in [1.82, 2.24) is 4.57 Å². The molecule has 0 aliphatic carbocycles. The number of rotatable bonds is 3. The average Bonchev–Trinajstić information content (AvgIpc) is 2.95. The first kappa shape index (κ1) is 20.7. The second-order valence-electron chi connectivity index (χ2n) is 6.51. The summed E-state index contributed by atoms with van der Waals surface area (Å²) in [4.78, 5) is 0. The highest BCUT2D eigenvalue weighted by atomic mass is 35.5. The predicted octanol–water partition coefficient (Wildman–Crippen LogP) is 6.97. The van der Waals surface area contributed by atoms with Gasteiger partial charge in [-0.1, -0.05) is 23.7 Å². The van der Waals surface area contributed by atoms with Crippen LogP contribution in [0.3, 0.4) is 0 Å². The van der Waals surface area contributed by atoms with Crippen LogP contribution in [-0.4, -0.2) is 4.57 Å². The van der Waals surface area contributed by atoms with E-state index in [0.717, 1.165) is 23.5 Å². The number of aromatic nitrogens is 1. The van der Waals surface area contributed by atoms with E-state index in [1.165, 1.54) is 24.3 Å². The third-order valence-electron chi connectivity index (χ3n) is 4.55. The number of aryl methyl sites for hydroxylation is 1. The van der Waals surface area contributed by atoms with Crippen LogP contribution in [0.4, 0.5) is 17.6 Å². The van der Waals surface area contributed by atoms with E-state index < -0.39 is 17.6 Å². The molecule has 3 aromatic rings. The van der Waals surface area contributed by atoms with Gasteiger partial charge in [-0.25, -0.2) is 4.39 Å². The lowest BCUT2D eigenvalue weighted by molar-refractivity contribution is -0.137. The molecule has 0 N–H and O–H groups in total. The zero-order valence-corrected chi connectivity index (χ0v) is 16.2. The number of nitrogens with zero attached hydrogens (tertiary/aromatic N) is 2. The molecule has 0 aliphatic heterocycles. The molecule has 0 saturated heterocycles. The third kappa shape index (κ3) is 4.20. The maximum atomic E-state index is 13.5. The van der Waals surface area contributed by atoms with Gasteiger partial charge in [-0.3, -0.25) is 0 Å². The third-order valence-corrected chi connectivity index (χ3v) is 4.84. The molecule has 29 heavy (non-hydrogen) atoms. The topological polar surface area (TPSA) is 28.7 Å². The van der Waals surface area contributed by atoms with Gasteiger partial charge in [0.2, 0.25) is 0 Å². The fourth-order valence-corrected chi connectivity index (χ4v) is 3.33. The van der Waals surface area contributed by atoms with E-state index in [4.69, 9.17) is 11.6 Å². The molecule has 1 heterocycles. The Labute approximate surface area is 170 Å². The second-order valence-corrected chi connectivity index (χ2v) is 6.92. The first-order valence-corrected chi connectivity index (χ1v) is 8.93. The van der Waals surface area contributed by atoms with Gasteiger partial charge in [0.15, 0.2) is 0 Å². The molecule has 3 rings (SSSR count). The Hall–Kier alpha value is -3.04. The summed E-state index contributed by atoms with van der Waals surface area (Å²) in [5, 5.41) is 9.50. The molecule has 0 amide bonds. The van der Waals surface area contributed by atoms with Gasteiger partial charge < -0.3 is 4.57 Å². The van der Waals surface area contributed by atoms with Crippen molar-refractivity contribution < 1.29 is 17.6 Å². The van der Waals surface area contributed by atoms with Crippen LogP contribution >= 0.6 is 11.6 Å². The summed E-state index contributed by atoms with van der Waals surface area (Å²) in [5.74, 6) is -0.533. The zero-order valence-electron chi connectivity index (χ0n) is 15.5. The number of alkyl halides is 3. The van der Waals surface area contributed by atoms with Gasteiger partial charge in [-0.2, -0.15) is 18.4 Å². The smallest absolute Gasteiger partial charge is 0.318 e. The van der Waals surface area contributed by atoms with Crippen molar-refractivity contribution in [2.45, 2.75) is 20.0 Å². The fraction of sp³-hybridized carbons (Fsp3) is 0.136. The molecule has 0 saturated carbocycles. The molecule has 0 spiro atoms. The average molecular weight is 419 g/mol. The van der Waals surface area contributed by atoms with E-state index in [0.29, 0.717) is 11.3 Å². The molecule has 7 heteroatoms. The molecule has 1 aromatic heterocycles. The summed E-state index contributed by atoms with van der Waals surface area (Å²) < 4.78 is 54.3. The molecule has 2 aromatic carbocycles. The van der Waals surface area contributed by atoms with Crippen LogP contribution in [0.1, 0.15) is 28.1 Å². The van der Waals surface area contributed by atoms with Crippen LogP contribution < -0.4 is 0 Å². The van der Waals surface area contributed by atoms with Gasteiger partial charge in [-0.05, 0) is 67.4 Å². The molecular weight excluding hydrogens is 404 g/mol. The lowest BCUT2D eigenvalue weighted by Gasteiger charge is -2.10. The molecule has 0 fully saturated rings. The molecule has 0 aliphatic rings. The van der Waals surface area contributed by atoms with Gasteiger partial charge in [0, 0.05) is 17.1 Å². The Morgan fingerprint density at radius 2 is 1.83 bits per heavy atom. The number of hydrogen-bond donors (Lipinski definition) is 0. The van der Waals surface area contributed by atoms with Crippen molar-refractivity contribution >= 4 is 23.3 Å². The highest BCUT2D eigenvalue weighted by Gasteiger charge is 2.30. The van der Waals surface area contributed by atoms with Gasteiger partial charge in [0.1, 0.15) is 5.82 Å². The summed E-state index contributed by atoms with van der Waals surface area (Å²) >= 11 is 5.88. The van der Waals surface area contributed by atoms with E-state index in [1.807, 2.05) is 17.6 Å². The van der Waals surface area contributed by atoms with Crippen molar-refractivity contribution in [2.24, 2.45) is 0 Å². The molecule has 148 valence electrons. The summed E-state index contributed by atoms with van der Waals surface area (Å²) in [6.07, 6.45) is -2.95. The lowest BCUT2D eigenvalue weighted by Crippen LogP contribution is -2.04. The monoisotopic (exact) mass is 418 g/mol. The fourth-order valence-electron chi connectivity index (χ4n) is 3.15. The normalized spacial score (nSPS) is 12.1. The molecule has 0 unspecified atom stereocenters. The summed E-state index contributed by atoms with van der Waals surface area (Å²) in [6.45, 7) is 3.63. The van der Waals surface area contributed by atoms with Crippen LogP contribution in [0.2, 0.25) is 5.02 Å². The quantitative estimate of drug-likeness (QED) is 0.333. The predicted molar refractivity (Wildman–Crippen MR) is 105 cm³/mol. The molecule has 0 radical (unpaired) electrons. The van der Waals surface area contributed by atoms with Crippen molar-refractivity contribution in [2.75, 3.05) is 0 Å². The van der Waals surface area contributed by atoms with Gasteiger partial charge in [0.25, 0.3) is 0 Å². The second kappa shape index (κ2) is 7.76. The number of allylic oxidation sites excluding steroid dienone is 1. The lowest BCUT2D eigenvalue weighted by atomic mass is 10.0. The van der Waals surface area contributed by atoms with Gasteiger partial charge in [0.05, 0.1) is 22.2 Å². The Kier molecular flexibility index (Phi) is 5.54. The number of hydrogen-bond acceptors (Lipinski definition) is 1. The maximum absolute atomic E-state index is 13.5. The largest absolute Gasteiger partial charge is 0.416 e. The highest BCUT2D eigenvalue weighted by Crippen LogP contribution is 2.32. The summed E-state index contributed by atoms with van der Waals surface area (Å²) in [7, 11) is 0. The van der Waals surface area contributed by atoms with E-state index in [1.54, 1.807) is 25.1 Å². The molecular formula is C22H15ClF4N2. The van der Waals surface area contributed by atoms with Gasteiger partial charge >= 0.3 is 6.18 Å². The van der Waals surface area contributed by atoms with E-state index in [-0.39, 0.29) is 16.2 Å². The van der Waals surface area contributed by atoms with Crippen molar-refractivity contribution in [1.29, 1.82) is 5.26 Å².